The number of carbonyl (C=O) groups is 1. The molecular weight excluding hydrogens is 336 g/mol. The minimum Gasteiger partial charge on any atom is -0.375 e. The third-order valence-corrected chi connectivity index (χ3v) is 4.11. The molecule has 6 heteroatoms. The van der Waals surface area contributed by atoms with Crippen molar-refractivity contribution in [1.82, 2.24) is 9.78 Å². The van der Waals surface area contributed by atoms with Crippen molar-refractivity contribution in [2.24, 2.45) is 0 Å². The van der Waals surface area contributed by atoms with Crippen LogP contribution < -0.4 is 10.2 Å². The molecule has 3 rings (SSSR count). The van der Waals surface area contributed by atoms with E-state index in [-0.39, 0.29) is 5.91 Å². The van der Waals surface area contributed by atoms with Gasteiger partial charge in [-0.3, -0.25) is 4.79 Å². The van der Waals surface area contributed by atoms with Crippen molar-refractivity contribution >= 4 is 28.9 Å². The molecule has 0 atom stereocenters. The molecule has 5 nitrogen and oxygen atoms in total. The smallest absolute Gasteiger partial charge is 0.276 e. The summed E-state index contributed by atoms with van der Waals surface area (Å²) < 4.78 is 1.75. The first-order valence-corrected chi connectivity index (χ1v) is 8.24. The van der Waals surface area contributed by atoms with Gasteiger partial charge in [-0.25, -0.2) is 4.68 Å². The Labute approximate surface area is 151 Å². The van der Waals surface area contributed by atoms with Gasteiger partial charge in [0.2, 0.25) is 0 Å². The summed E-state index contributed by atoms with van der Waals surface area (Å²) in [6, 6.07) is 16.9. The molecule has 0 unspecified atom stereocenters. The summed E-state index contributed by atoms with van der Waals surface area (Å²) in [4.78, 5) is 14.5. The van der Waals surface area contributed by atoms with Crippen molar-refractivity contribution in [2.45, 2.75) is 6.92 Å². The lowest BCUT2D eigenvalue weighted by molar-refractivity contribution is 0.102. The van der Waals surface area contributed by atoms with Crippen LogP contribution in [-0.2, 0) is 0 Å². The van der Waals surface area contributed by atoms with Crippen molar-refractivity contribution in [3.63, 3.8) is 0 Å². The van der Waals surface area contributed by atoms with Gasteiger partial charge in [-0.1, -0.05) is 35.9 Å². The van der Waals surface area contributed by atoms with E-state index in [4.69, 9.17) is 11.6 Å². The molecule has 0 aliphatic carbocycles. The number of rotatable bonds is 4. The number of benzene rings is 2. The van der Waals surface area contributed by atoms with Crippen LogP contribution in [0.15, 0.2) is 54.6 Å². The van der Waals surface area contributed by atoms with Gasteiger partial charge >= 0.3 is 0 Å². The average molecular weight is 355 g/mol. The van der Waals surface area contributed by atoms with Gasteiger partial charge in [0.1, 0.15) is 0 Å². The largest absolute Gasteiger partial charge is 0.375 e. The lowest BCUT2D eigenvalue weighted by Gasteiger charge is -2.19. The number of nitrogens with zero attached hydrogens (tertiary/aromatic N) is 3. The number of aryl methyl sites for hydroxylation is 1. The molecular formula is C19H19ClN4O. The summed E-state index contributed by atoms with van der Waals surface area (Å²) in [5.74, 6) is -0.275. The van der Waals surface area contributed by atoms with Gasteiger partial charge in [-0.2, -0.15) is 5.10 Å². The van der Waals surface area contributed by atoms with Crippen LogP contribution >= 0.6 is 11.6 Å². The van der Waals surface area contributed by atoms with Crippen molar-refractivity contribution in [3.8, 4) is 5.69 Å². The van der Waals surface area contributed by atoms with E-state index in [2.05, 4.69) is 10.4 Å². The fourth-order valence-corrected chi connectivity index (χ4v) is 3.02. The molecule has 0 spiro atoms. The number of para-hydroxylation sites is 2. The predicted octanol–water partition coefficient (Wildman–Crippen LogP) is 4.15. The molecule has 1 N–H and O–H groups in total. The zero-order valence-electron chi connectivity index (χ0n) is 14.3. The Balaban J connectivity index is 1.90. The molecule has 3 aromatic rings. The van der Waals surface area contributed by atoms with Crippen molar-refractivity contribution in [1.29, 1.82) is 0 Å². The number of carbonyl (C=O) groups excluding carboxylic acids is 1. The van der Waals surface area contributed by atoms with Gasteiger partial charge in [0.25, 0.3) is 5.91 Å². The van der Waals surface area contributed by atoms with Crippen LogP contribution in [0.4, 0.5) is 11.4 Å². The zero-order valence-corrected chi connectivity index (χ0v) is 15.1. The normalized spacial score (nSPS) is 10.6. The van der Waals surface area contributed by atoms with E-state index in [0.717, 1.165) is 17.1 Å². The van der Waals surface area contributed by atoms with E-state index in [1.165, 1.54) is 0 Å². The monoisotopic (exact) mass is 354 g/mol. The first-order chi connectivity index (χ1) is 12.0. The van der Waals surface area contributed by atoms with Gasteiger partial charge in [-0.15, -0.1) is 0 Å². The predicted molar refractivity (Wildman–Crippen MR) is 102 cm³/mol. The fourth-order valence-electron chi connectivity index (χ4n) is 2.67. The van der Waals surface area contributed by atoms with Crippen LogP contribution in [0.1, 0.15) is 16.2 Å². The van der Waals surface area contributed by atoms with E-state index in [9.17, 15) is 4.79 Å². The highest BCUT2D eigenvalue weighted by atomic mass is 35.5. The van der Waals surface area contributed by atoms with Crippen LogP contribution in [0.3, 0.4) is 0 Å². The SMILES string of the molecule is Cc1cc(C(=O)Nc2cccc(Cl)c2N(C)C)nn1-c1ccccc1. The highest BCUT2D eigenvalue weighted by Gasteiger charge is 2.16. The highest BCUT2D eigenvalue weighted by Crippen LogP contribution is 2.32. The van der Waals surface area contributed by atoms with Crippen molar-refractivity contribution < 1.29 is 4.79 Å². The quantitative estimate of drug-likeness (QED) is 0.765. The van der Waals surface area contributed by atoms with Gasteiger partial charge in [0.05, 0.1) is 22.1 Å². The minimum absolute atomic E-state index is 0.275. The van der Waals surface area contributed by atoms with E-state index in [1.54, 1.807) is 22.9 Å². The summed E-state index contributed by atoms with van der Waals surface area (Å²) in [5, 5.41) is 7.91. The summed E-state index contributed by atoms with van der Waals surface area (Å²) >= 11 is 6.25. The second kappa shape index (κ2) is 6.99. The molecule has 0 saturated carbocycles. The molecule has 0 fully saturated rings. The summed E-state index contributed by atoms with van der Waals surface area (Å²) in [5.41, 5.74) is 3.56. The van der Waals surface area contributed by atoms with Gasteiger partial charge in [0, 0.05) is 19.8 Å². The number of nitrogens with one attached hydrogen (secondary N) is 1. The molecule has 1 amide bonds. The Morgan fingerprint density at radius 3 is 2.52 bits per heavy atom. The third-order valence-electron chi connectivity index (χ3n) is 3.80. The maximum atomic E-state index is 12.6. The lowest BCUT2D eigenvalue weighted by atomic mass is 10.2. The van der Waals surface area contributed by atoms with Gasteiger partial charge in [0.15, 0.2) is 5.69 Å². The molecule has 1 heterocycles. The first-order valence-electron chi connectivity index (χ1n) is 7.86. The molecule has 1 aromatic heterocycles. The number of amides is 1. The van der Waals surface area contributed by atoms with Crippen LogP contribution in [-0.4, -0.2) is 29.8 Å². The number of anilines is 2. The number of hydrogen-bond donors (Lipinski definition) is 1. The minimum atomic E-state index is -0.275. The van der Waals surface area contributed by atoms with Crippen LogP contribution in [0.5, 0.6) is 0 Å². The van der Waals surface area contributed by atoms with E-state index >= 15 is 0 Å². The molecule has 0 aliphatic heterocycles. The molecule has 0 bridgehead atoms. The highest BCUT2D eigenvalue weighted by molar-refractivity contribution is 6.34. The fraction of sp³-hybridized carbons (Fsp3) is 0.158. The van der Waals surface area contributed by atoms with E-state index in [0.29, 0.717) is 16.4 Å². The molecule has 2 aromatic carbocycles. The van der Waals surface area contributed by atoms with Crippen LogP contribution in [0.25, 0.3) is 5.69 Å². The zero-order chi connectivity index (χ0) is 18.0. The van der Waals surface area contributed by atoms with Crippen LogP contribution in [0, 0.1) is 6.92 Å². The summed E-state index contributed by atoms with van der Waals surface area (Å²) in [6.07, 6.45) is 0. The molecule has 0 saturated heterocycles. The molecule has 25 heavy (non-hydrogen) atoms. The van der Waals surface area contributed by atoms with Gasteiger partial charge in [-0.05, 0) is 37.3 Å². The van der Waals surface area contributed by atoms with Crippen molar-refractivity contribution in [2.75, 3.05) is 24.3 Å². The maximum absolute atomic E-state index is 12.6. The standard InChI is InChI=1S/C19H19ClN4O/c1-13-12-17(22-24(13)14-8-5-4-6-9-14)19(25)21-16-11-7-10-15(20)18(16)23(2)3/h4-12H,1-3H3,(H,21,25). The topological polar surface area (TPSA) is 50.2 Å². The Kier molecular flexibility index (Phi) is 4.76. The second-order valence-electron chi connectivity index (χ2n) is 5.90. The Morgan fingerprint density at radius 1 is 1.12 bits per heavy atom. The average Bonchev–Trinajstić information content (AvgIpc) is 2.97. The van der Waals surface area contributed by atoms with E-state index < -0.39 is 0 Å². The molecule has 0 aliphatic rings. The second-order valence-corrected chi connectivity index (χ2v) is 6.31. The first kappa shape index (κ1) is 17.0. The molecule has 0 radical (unpaired) electrons. The van der Waals surface area contributed by atoms with Crippen molar-refractivity contribution in [3.05, 3.63) is 71.0 Å². The summed E-state index contributed by atoms with van der Waals surface area (Å²) in [7, 11) is 3.76. The van der Waals surface area contributed by atoms with E-state index in [1.807, 2.05) is 62.3 Å². The molecule has 128 valence electrons. The van der Waals surface area contributed by atoms with Crippen LogP contribution in [0.2, 0.25) is 5.02 Å². The Hall–Kier alpha value is -2.79. The Bertz CT molecular complexity index is 903. The number of halogens is 1. The number of hydrogen-bond acceptors (Lipinski definition) is 3. The third kappa shape index (κ3) is 3.51. The lowest BCUT2D eigenvalue weighted by Crippen LogP contribution is -2.17. The van der Waals surface area contributed by atoms with Gasteiger partial charge < -0.3 is 10.2 Å². The maximum Gasteiger partial charge on any atom is 0.276 e. The Morgan fingerprint density at radius 2 is 1.84 bits per heavy atom. The summed E-state index contributed by atoms with van der Waals surface area (Å²) in [6.45, 7) is 1.92. The number of aromatic nitrogens is 2.